The minimum atomic E-state index is -0.732. The highest BCUT2D eigenvalue weighted by atomic mass is 19.1. The summed E-state index contributed by atoms with van der Waals surface area (Å²) in [5, 5.41) is 5.65. The Bertz CT molecular complexity index is 1110. The molecule has 0 unspecified atom stereocenters. The van der Waals surface area contributed by atoms with E-state index in [1.807, 2.05) is 6.07 Å². The third kappa shape index (κ3) is 4.03. The lowest BCUT2D eigenvalue weighted by Crippen LogP contribution is -2.45. The van der Waals surface area contributed by atoms with Gasteiger partial charge in [-0.2, -0.15) is 0 Å². The molecule has 7 nitrogen and oxygen atoms in total. The molecule has 0 saturated carbocycles. The molecule has 0 bridgehead atoms. The lowest BCUT2D eigenvalue weighted by molar-refractivity contribution is -0.123. The number of nitrogens with two attached hydrogens (primary N) is 1. The van der Waals surface area contributed by atoms with Crippen molar-refractivity contribution in [1.29, 1.82) is 0 Å². The van der Waals surface area contributed by atoms with Crippen molar-refractivity contribution in [2.75, 3.05) is 5.73 Å². The summed E-state index contributed by atoms with van der Waals surface area (Å²) in [6.45, 7) is 1.63. The number of pyridine rings is 1. The van der Waals surface area contributed by atoms with Crippen molar-refractivity contribution in [2.24, 2.45) is 0 Å². The van der Waals surface area contributed by atoms with E-state index in [4.69, 9.17) is 5.73 Å². The number of nitrogens with zero attached hydrogens (tertiary/aromatic N) is 1. The predicted molar refractivity (Wildman–Crippen MR) is 111 cm³/mol. The lowest BCUT2D eigenvalue weighted by Gasteiger charge is -2.18. The van der Waals surface area contributed by atoms with Gasteiger partial charge in [-0.25, -0.2) is 9.37 Å². The van der Waals surface area contributed by atoms with Crippen LogP contribution < -0.4 is 16.4 Å². The Kier molecular flexibility index (Phi) is 5.22. The van der Waals surface area contributed by atoms with Crippen LogP contribution in [0.25, 0.3) is 11.1 Å². The van der Waals surface area contributed by atoms with E-state index in [-0.39, 0.29) is 17.8 Å². The summed E-state index contributed by atoms with van der Waals surface area (Å²) in [6, 6.07) is 10.5. The summed E-state index contributed by atoms with van der Waals surface area (Å²) in [5.74, 6) is -0.585. The van der Waals surface area contributed by atoms with Crippen molar-refractivity contribution in [2.45, 2.75) is 31.8 Å². The molecule has 2 heterocycles. The summed E-state index contributed by atoms with van der Waals surface area (Å²) in [5.41, 5.74) is 9.20. The van der Waals surface area contributed by atoms with Crippen LogP contribution in [0.1, 0.15) is 41.1 Å². The molecule has 2 amide bonds. The van der Waals surface area contributed by atoms with E-state index >= 15 is 0 Å². The first-order chi connectivity index (χ1) is 14.4. The third-order valence-electron chi connectivity index (χ3n) is 5.22. The quantitative estimate of drug-likeness (QED) is 0.521. The molecule has 2 aromatic heterocycles. The van der Waals surface area contributed by atoms with Crippen LogP contribution in [-0.4, -0.2) is 27.8 Å². The summed E-state index contributed by atoms with van der Waals surface area (Å²) in [4.78, 5) is 32.3. The van der Waals surface area contributed by atoms with E-state index in [0.717, 1.165) is 24.1 Å². The summed E-state index contributed by atoms with van der Waals surface area (Å²) in [7, 11) is 0. The molecule has 3 aromatic rings. The molecule has 30 heavy (non-hydrogen) atoms. The van der Waals surface area contributed by atoms with E-state index in [2.05, 4.69) is 20.6 Å². The number of aromatic amines is 1. The molecule has 1 aromatic carbocycles. The fraction of sp³-hybridized carbons (Fsp3) is 0.227. The topological polar surface area (TPSA) is 113 Å². The van der Waals surface area contributed by atoms with Crippen LogP contribution in [0.4, 0.5) is 10.2 Å². The summed E-state index contributed by atoms with van der Waals surface area (Å²) in [6.07, 6.45) is 3.12. The zero-order chi connectivity index (χ0) is 21.3. The maximum Gasteiger partial charge on any atom is 0.268 e. The standard InChI is InChI=1S/C22H22FN5O2/c1-12(21(29)28-18-7-6-17-16(18)5-8-20(24)27-17)26-22(30)19-10-14(11-25-19)13-3-2-4-15(23)9-13/h2-5,8-12,18,25H,6-7H2,1H3,(H2,24,27)(H,26,30)(H,28,29)/t12-,18+/m0/s1. The van der Waals surface area contributed by atoms with Crippen LogP contribution in [0, 0.1) is 5.82 Å². The van der Waals surface area contributed by atoms with E-state index < -0.39 is 11.9 Å². The van der Waals surface area contributed by atoms with Gasteiger partial charge >= 0.3 is 0 Å². The number of rotatable bonds is 5. The Morgan fingerprint density at radius 1 is 1.23 bits per heavy atom. The molecule has 4 rings (SSSR count). The first-order valence-corrected chi connectivity index (χ1v) is 9.71. The van der Waals surface area contributed by atoms with Crippen LogP contribution >= 0.6 is 0 Å². The van der Waals surface area contributed by atoms with E-state index in [1.54, 1.807) is 37.4 Å². The molecule has 154 valence electrons. The first kappa shape index (κ1) is 19.6. The van der Waals surface area contributed by atoms with Gasteiger partial charge in [-0.3, -0.25) is 9.59 Å². The second-order valence-corrected chi connectivity index (χ2v) is 7.38. The largest absolute Gasteiger partial charge is 0.384 e. The summed E-state index contributed by atoms with van der Waals surface area (Å²) < 4.78 is 13.4. The number of anilines is 1. The second kappa shape index (κ2) is 7.98. The number of nitrogen functional groups attached to an aromatic ring is 1. The number of benzene rings is 1. The molecule has 0 spiro atoms. The molecule has 0 fully saturated rings. The second-order valence-electron chi connectivity index (χ2n) is 7.38. The number of amides is 2. The molecule has 0 aliphatic heterocycles. The zero-order valence-corrected chi connectivity index (χ0v) is 16.4. The number of nitrogens with one attached hydrogen (secondary N) is 3. The Morgan fingerprint density at radius 2 is 2.07 bits per heavy atom. The fourth-order valence-corrected chi connectivity index (χ4v) is 3.63. The van der Waals surface area contributed by atoms with Gasteiger partial charge in [0.25, 0.3) is 5.91 Å². The van der Waals surface area contributed by atoms with Crippen molar-refractivity contribution >= 4 is 17.6 Å². The normalized spacial score (nSPS) is 16.0. The van der Waals surface area contributed by atoms with E-state index in [1.165, 1.54) is 12.1 Å². The maximum absolute atomic E-state index is 13.4. The molecule has 0 saturated heterocycles. The van der Waals surface area contributed by atoms with Crippen molar-refractivity contribution in [3.05, 3.63) is 71.4 Å². The van der Waals surface area contributed by atoms with Crippen molar-refractivity contribution < 1.29 is 14.0 Å². The molecule has 8 heteroatoms. The van der Waals surface area contributed by atoms with E-state index in [9.17, 15) is 14.0 Å². The minimum absolute atomic E-state index is 0.148. The van der Waals surface area contributed by atoms with Crippen molar-refractivity contribution in [3.63, 3.8) is 0 Å². The van der Waals surface area contributed by atoms with Gasteiger partial charge in [-0.1, -0.05) is 18.2 Å². The number of halogens is 1. The Labute approximate surface area is 172 Å². The number of hydrogen-bond acceptors (Lipinski definition) is 4. The zero-order valence-electron chi connectivity index (χ0n) is 16.4. The van der Waals surface area contributed by atoms with Gasteiger partial charge in [0.1, 0.15) is 23.4 Å². The highest BCUT2D eigenvalue weighted by Gasteiger charge is 2.27. The number of carbonyl (C=O) groups excluding carboxylic acids is 2. The van der Waals surface area contributed by atoms with Crippen LogP contribution in [0.15, 0.2) is 48.7 Å². The van der Waals surface area contributed by atoms with Crippen molar-refractivity contribution in [1.82, 2.24) is 20.6 Å². The van der Waals surface area contributed by atoms with Crippen LogP contribution in [0.3, 0.4) is 0 Å². The maximum atomic E-state index is 13.4. The predicted octanol–water partition coefficient (Wildman–Crippen LogP) is 2.72. The number of carbonyl (C=O) groups is 2. The SMILES string of the molecule is C[C@H](NC(=O)c1cc(-c2cccc(F)c2)c[nH]1)C(=O)N[C@@H]1CCc2nc(N)ccc21. The molecule has 2 atom stereocenters. The Morgan fingerprint density at radius 3 is 2.87 bits per heavy atom. The van der Waals surface area contributed by atoms with Gasteiger partial charge in [-0.15, -0.1) is 0 Å². The highest BCUT2D eigenvalue weighted by molar-refractivity contribution is 5.97. The Hall–Kier alpha value is -3.68. The van der Waals surface area contributed by atoms with Crippen LogP contribution in [-0.2, 0) is 11.2 Å². The van der Waals surface area contributed by atoms with Gasteiger partial charge in [0.05, 0.1) is 6.04 Å². The fourth-order valence-electron chi connectivity index (χ4n) is 3.63. The van der Waals surface area contributed by atoms with E-state index in [0.29, 0.717) is 22.6 Å². The summed E-state index contributed by atoms with van der Waals surface area (Å²) >= 11 is 0. The molecule has 1 aliphatic carbocycles. The minimum Gasteiger partial charge on any atom is -0.384 e. The number of hydrogen-bond donors (Lipinski definition) is 4. The third-order valence-corrected chi connectivity index (χ3v) is 5.22. The van der Waals surface area contributed by atoms with Gasteiger partial charge in [0.2, 0.25) is 5.91 Å². The first-order valence-electron chi connectivity index (χ1n) is 9.71. The number of aromatic nitrogens is 2. The van der Waals surface area contributed by atoms with Gasteiger partial charge in [-0.05, 0) is 55.2 Å². The van der Waals surface area contributed by atoms with Gasteiger partial charge < -0.3 is 21.4 Å². The molecule has 0 radical (unpaired) electrons. The smallest absolute Gasteiger partial charge is 0.268 e. The molecule has 5 N–H and O–H groups in total. The highest BCUT2D eigenvalue weighted by Crippen LogP contribution is 2.30. The Balaban J connectivity index is 1.38. The average molecular weight is 407 g/mol. The van der Waals surface area contributed by atoms with Crippen LogP contribution in [0.5, 0.6) is 0 Å². The monoisotopic (exact) mass is 407 g/mol. The number of aryl methyl sites for hydroxylation is 1. The number of H-pyrrole nitrogens is 1. The molecular formula is C22H22FN5O2. The van der Waals surface area contributed by atoms with Gasteiger partial charge in [0.15, 0.2) is 0 Å². The average Bonchev–Trinajstić information content (AvgIpc) is 3.35. The molecular weight excluding hydrogens is 385 g/mol. The van der Waals surface area contributed by atoms with Crippen molar-refractivity contribution in [3.8, 4) is 11.1 Å². The number of fused-ring (bicyclic) bond motifs is 1. The van der Waals surface area contributed by atoms with Crippen LogP contribution in [0.2, 0.25) is 0 Å². The van der Waals surface area contributed by atoms with Gasteiger partial charge in [0, 0.05) is 17.5 Å². The lowest BCUT2D eigenvalue weighted by atomic mass is 10.1. The molecule has 1 aliphatic rings.